The van der Waals surface area contributed by atoms with E-state index in [1.54, 1.807) is 6.66 Å². The minimum absolute atomic E-state index is 0.0627. The summed E-state index contributed by atoms with van der Waals surface area (Å²) < 4.78 is 0.714. The van der Waals surface area contributed by atoms with Gasteiger partial charge in [-0.3, -0.25) is 14.1 Å². The van der Waals surface area contributed by atoms with Crippen LogP contribution >= 0.6 is 31.3 Å². The number of nitrogens with zero attached hydrogens (tertiary/aromatic N) is 2. The lowest BCUT2D eigenvalue weighted by Crippen LogP contribution is -2.32. The highest BCUT2D eigenvalue weighted by molar-refractivity contribution is 14.1. The first-order chi connectivity index (χ1) is 6.06. The smallest absolute Gasteiger partial charge is 0.279 e. The van der Waals surface area contributed by atoms with Crippen molar-refractivity contribution < 1.29 is 4.79 Å². The first-order valence-corrected chi connectivity index (χ1v) is 5.70. The zero-order valence-corrected chi connectivity index (χ0v) is 9.65. The molecule has 1 aromatic rings. The molecule has 0 amide bonds. The summed E-state index contributed by atoms with van der Waals surface area (Å²) >= 11 is 1.48. The molecule has 1 rings (SSSR count). The van der Waals surface area contributed by atoms with Crippen molar-refractivity contribution in [3.63, 3.8) is 0 Å². The molecular weight excluding hydrogens is 308 g/mol. The Morgan fingerprint density at radius 1 is 1.62 bits per heavy atom. The van der Waals surface area contributed by atoms with Gasteiger partial charge >= 0.3 is 11.4 Å². The molecular formula is C5H5IN3O3P. The van der Waals surface area contributed by atoms with E-state index in [4.69, 9.17) is 0 Å². The van der Waals surface area contributed by atoms with Gasteiger partial charge in [0.2, 0.25) is 0 Å². The third-order valence-corrected chi connectivity index (χ3v) is 2.58. The minimum Gasteiger partial charge on any atom is -0.279 e. The van der Waals surface area contributed by atoms with Gasteiger partial charge in [-0.1, -0.05) is 0 Å². The maximum atomic E-state index is 11.1. The fourth-order valence-electron chi connectivity index (χ4n) is 0.757. The van der Waals surface area contributed by atoms with Crippen LogP contribution in [0.5, 0.6) is 0 Å². The van der Waals surface area contributed by atoms with Crippen LogP contribution < -0.4 is 11.4 Å². The molecule has 0 aromatic carbocycles. The molecule has 13 heavy (non-hydrogen) atoms. The Hall–Kier alpha value is -0.560. The Bertz CT molecular complexity index is 451. The molecule has 0 saturated heterocycles. The van der Waals surface area contributed by atoms with Gasteiger partial charge in [0, 0.05) is 22.6 Å². The Labute approximate surface area is 87.7 Å². The van der Waals surface area contributed by atoms with Crippen molar-refractivity contribution >= 4 is 35.1 Å². The summed E-state index contributed by atoms with van der Waals surface area (Å²) in [5.74, 6) is -0.102. The van der Waals surface area contributed by atoms with Gasteiger partial charge in [-0.05, 0) is 15.4 Å². The second-order valence-corrected chi connectivity index (χ2v) is 3.88. The van der Waals surface area contributed by atoms with Crippen LogP contribution in [0.4, 0.5) is 0 Å². The van der Waals surface area contributed by atoms with Crippen molar-refractivity contribution in [1.29, 1.82) is 0 Å². The molecule has 1 atom stereocenters. The summed E-state index contributed by atoms with van der Waals surface area (Å²) in [7, 11) is 0.0627. The van der Waals surface area contributed by atoms with Crippen LogP contribution in [0.15, 0.2) is 9.59 Å². The third-order valence-electron chi connectivity index (χ3n) is 1.24. The van der Waals surface area contributed by atoms with Crippen molar-refractivity contribution in [2.24, 2.45) is 0 Å². The van der Waals surface area contributed by atoms with E-state index in [0.29, 0.717) is 0 Å². The van der Waals surface area contributed by atoms with Gasteiger partial charge in [0.15, 0.2) is 5.82 Å². The van der Waals surface area contributed by atoms with Crippen LogP contribution in [0.1, 0.15) is 10.6 Å². The molecule has 0 bridgehead atoms. The van der Waals surface area contributed by atoms with Gasteiger partial charge in [-0.2, -0.15) is 4.98 Å². The second-order valence-electron chi connectivity index (χ2n) is 2.00. The molecule has 8 heteroatoms. The zero-order chi connectivity index (χ0) is 10.0. The SMILES string of the molecule is CPn1c(C(=O)I)nc(=O)[nH]c1=O. The Balaban J connectivity index is 3.57. The number of hydrogen-bond acceptors (Lipinski definition) is 4. The molecule has 0 aliphatic rings. The predicted molar refractivity (Wildman–Crippen MR) is 57.1 cm³/mol. The molecule has 0 saturated carbocycles. The molecule has 0 aliphatic heterocycles. The molecule has 1 N–H and O–H groups in total. The predicted octanol–water partition coefficient (Wildman–Crippen LogP) is -0.422. The zero-order valence-electron chi connectivity index (χ0n) is 6.50. The van der Waals surface area contributed by atoms with E-state index in [2.05, 4.69) is 4.98 Å². The van der Waals surface area contributed by atoms with Crippen molar-refractivity contribution in [2.45, 2.75) is 0 Å². The summed E-state index contributed by atoms with van der Waals surface area (Å²) in [6.07, 6.45) is 0. The molecule has 70 valence electrons. The average Bonchev–Trinajstić information content (AvgIpc) is 2.02. The van der Waals surface area contributed by atoms with Gasteiger partial charge in [-0.15, -0.1) is 0 Å². The highest BCUT2D eigenvalue weighted by atomic mass is 127. The third kappa shape index (κ3) is 2.22. The minimum atomic E-state index is -0.792. The maximum Gasteiger partial charge on any atom is 0.351 e. The number of carbonyl (C=O) groups excluding carboxylic acids is 1. The largest absolute Gasteiger partial charge is 0.351 e. The summed E-state index contributed by atoms with van der Waals surface area (Å²) in [4.78, 5) is 38.2. The molecule has 0 radical (unpaired) electrons. The van der Waals surface area contributed by atoms with Crippen molar-refractivity contribution in [1.82, 2.24) is 14.3 Å². The summed E-state index contributed by atoms with van der Waals surface area (Å²) in [5.41, 5.74) is -1.39. The fourth-order valence-corrected chi connectivity index (χ4v) is 1.97. The van der Waals surface area contributed by atoms with Crippen LogP contribution in [-0.4, -0.2) is 24.8 Å². The molecule has 6 nitrogen and oxygen atoms in total. The number of halogens is 1. The van der Waals surface area contributed by atoms with Crippen LogP contribution in [0.3, 0.4) is 0 Å². The van der Waals surface area contributed by atoms with Gasteiger partial charge in [0.1, 0.15) is 0 Å². The standard InChI is InChI=1S/C5H5IN3O3P/c1-13-9-3(2(6)10)7-4(11)8-5(9)12/h13H,1H3,(H,8,11,12). The first-order valence-electron chi connectivity index (χ1n) is 3.17. The van der Waals surface area contributed by atoms with E-state index < -0.39 is 15.2 Å². The monoisotopic (exact) mass is 313 g/mol. The molecule has 0 aliphatic carbocycles. The maximum absolute atomic E-state index is 11.1. The molecule has 0 fully saturated rings. The highest BCUT2D eigenvalue weighted by Gasteiger charge is 2.11. The summed E-state index contributed by atoms with van der Waals surface area (Å²) in [5, 5.41) is 0. The summed E-state index contributed by atoms with van der Waals surface area (Å²) in [6, 6.07) is 0. The number of carbonyl (C=O) groups is 1. The fraction of sp³-hybridized carbons (Fsp3) is 0.200. The number of hydrogen-bond donors (Lipinski definition) is 1. The van der Waals surface area contributed by atoms with Crippen LogP contribution in [0.25, 0.3) is 0 Å². The van der Waals surface area contributed by atoms with E-state index in [-0.39, 0.29) is 14.6 Å². The lowest BCUT2D eigenvalue weighted by molar-refractivity contribution is 0.109. The Kier molecular flexibility index (Phi) is 3.32. The van der Waals surface area contributed by atoms with E-state index in [0.717, 1.165) is 4.34 Å². The average molecular weight is 313 g/mol. The van der Waals surface area contributed by atoms with Gasteiger partial charge < -0.3 is 0 Å². The molecule has 1 aromatic heterocycles. The number of nitrogens with one attached hydrogen (secondary N) is 1. The van der Waals surface area contributed by atoms with Crippen molar-refractivity contribution in [3.05, 3.63) is 26.8 Å². The second kappa shape index (κ2) is 4.10. The summed E-state index contributed by atoms with van der Waals surface area (Å²) in [6.45, 7) is 1.71. The van der Waals surface area contributed by atoms with Crippen molar-refractivity contribution in [3.8, 4) is 0 Å². The molecule has 0 spiro atoms. The first kappa shape index (κ1) is 10.5. The van der Waals surface area contributed by atoms with E-state index in [1.165, 1.54) is 22.6 Å². The Morgan fingerprint density at radius 3 is 2.69 bits per heavy atom. The van der Waals surface area contributed by atoms with Crippen LogP contribution in [0, 0.1) is 0 Å². The van der Waals surface area contributed by atoms with E-state index in [9.17, 15) is 14.4 Å². The van der Waals surface area contributed by atoms with Gasteiger partial charge in [0.25, 0.3) is 3.79 Å². The molecule has 1 heterocycles. The van der Waals surface area contributed by atoms with Gasteiger partial charge in [0.05, 0.1) is 0 Å². The molecule has 1 unspecified atom stereocenters. The quantitative estimate of drug-likeness (QED) is 0.456. The topological polar surface area (TPSA) is 84.8 Å². The lowest BCUT2D eigenvalue weighted by Gasteiger charge is -2.02. The lowest BCUT2D eigenvalue weighted by atomic mass is 10.7. The number of rotatable bonds is 2. The van der Waals surface area contributed by atoms with Crippen molar-refractivity contribution in [2.75, 3.05) is 6.66 Å². The Morgan fingerprint density at radius 2 is 2.23 bits per heavy atom. The van der Waals surface area contributed by atoms with E-state index in [1.807, 2.05) is 4.98 Å². The highest BCUT2D eigenvalue weighted by Crippen LogP contribution is 2.08. The number of H-pyrrole nitrogens is 1. The number of aromatic nitrogens is 3. The van der Waals surface area contributed by atoms with Crippen LogP contribution in [0.2, 0.25) is 0 Å². The normalized spacial score (nSPS) is 10.9. The van der Waals surface area contributed by atoms with Crippen LogP contribution in [-0.2, 0) is 0 Å². The van der Waals surface area contributed by atoms with E-state index >= 15 is 0 Å². The number of aromatic amines is 1. The van der Waals surface area contributed by atoms with Gasteiger partial charge in [-0.25, -0.2) is 9.59 Å².